The van der Waals surface area contributed by atoms with Crippen molar-refractivity contribution in [2.45, 2.75) is 26.8 Å². The summed E-state index contributed by atoms with van der Waals surface area (Å²) in [6.07, 6.45) is 1.26. The van der Waals surface area contributed by atoms with Gasteiger partial charge in [0.05, 0.1) is 9.40 Å². The van der Waals surface area contributed by atoms with Crippen LogP contribution < -0.4 is 5.32 Å². The summed E-state index contributed by atoms with van der Waals surface area (Å²) in [5.41, 5.74) is 0.00878. The monoisotopic (exact) mass is 344 g/mol. The minimum atomic E-state index is -0.457. The van der Waals surface area contributed by atoms with Gasteiger partial charge in [0, 0.05) is 18.7 Å². The lowest BCUT2D eigenvalue weighted by molar-refractivity contribution is -0.385. The SMILES string of the molecule is CC(Nc1ncc([N+](=O)[O-])cc1Br)C(C)(C)CN(C)C. The fraction of sp³-hybridized carbons (Fsp3) is 0.615. The maximum Gasteiger partial charge on any atom is 0.288 e. The third kappa shape index (κ3) is 4.42. The van der Waals surface area contributed by atoms with Gasteiger partial charge < -0.3 is 10.2 Å². The molecule has 1 atom stereocenters. The molecule has 0 amide bonds. The van der Waals surface area contributed by atoms with Gasteiger partial charge in [0.1, 0.15) is 12.0 Å². The molecule has 1 heterocycles. The summed E-state index contributed by atoms with van der Waals surface area (Å²) in [4.78, 5) is 16.5. The molecule has 1 unspecified atom stereocenters. The molecule has 0 radical (unpaired) electrons. The molecule has 7 heteroatoms. The van der Waals surface area contributed by atoms with Crippen LogP contribution in [0.25, 0.3) is 0 Å². The van der Waals surface area contributed by atoms with E-state index in [1.165, 1.54) is 12.3 Å². The molecular weight excluding hydrogens is 324 g/mol. The molecule has 1 N–H and O–H groups in total. The van der Waals surface area contributed by atoms with Crippen molar-refractivity contribution in [3.63, 3.8) is 0 Å². The lowest BCUT2D eigenvalue weighted by Crippen LogP contribution is -2.41. The predicted octanol–water partition coefficient (Wildman–Crippen LogP) is 3.14. The number of hydrogen-bond donors (Lipinski definition) is 1. The van der Waals surface area contributed by atoms with Crippen molar-refractivity contribution >= 4 is 27.4 Å². The number of rotatable bonds is 6. The Bertz CT molecular complexity index is 491. The summed E-state index contributed by atoms with van der Waals surface area (Å²) >= 11 is 3.32. The van der Waals surface area contributed by atoms with Gasteiger partial charge in [0.2, 0.25) is 0 Å². The van der Waals surface area contributed by atoms with Crippen molar-refractivity contribution < 1.29 is 4.92 Å². The van der Waals surface area contributed by atoms with E-state index < -0.39 is 4.92 Å². The van der Waals surface area contributed by atoms with Crippen LogP contribution in [0.2, 0.25) is 0 Å². The first-order valence-corrected chi connectivity index (χ1v) is 7.14. The van der Waals surface area contributed by atoms with E-state index in [1.54, 1.807) is 0 Å². The normalized spacial score (nSPS) is 13.3. The zero-order valence-electron chi connectivity index (χ0n) is 12.5. The van der Waals surface area contributed by atoms with Crippen molar-refractivity contribution in [2.24, 2.45) is 5.41 Å². The number of nitrogens with one attached hydrogen (secondary N) is 1. The molecule has 112 valence electrons. The van der Waals surface area contributed by atoms with E-state index in [1.807, 2.05) is 14.1 Å². The first kappa shape index (κ1) is 16.8. The second-order valence-electron chi connectivity index (χ2n) is 5.87. The largest absolute Gasteiger partial charge is 0.366 e. The summed E-state index contributed by atoms with van der Waals surface area (Å²) in [5.74, 6) is 0.620. The number of hydrogen-bond acceptors (Lipinski definition) is 5. The van der Waals surface area contributed by atoms with Gasteiger partial charge in [-0.25, -0.2) is 4.98 Å². The summed E-state index contributed by atoms with van der Waals surface area (Å²) in [6, 6.07) is 1.62. The van der Waals surface area contributed by atoms with Crippen molar-refractivity contribution in [3.05, 3.63) is 26.9 Å². The van der Waals surface area contributed by atoms with E-state index >= 15 is 0 Å². The minimum Gasteiger partial charge on any atom is -0.366 e. The van der Waals surface area contributed by atoms with Gasteiger partial charge in [-0.1, -0.05) is 13.8 Å². The fourth-order valence-corrected chi connectivity index (χ4v) is 2.44. The zero-order valence-corrected chi connectivity index (χ0v) is 14.1. The van der Waals surface area contributed by atoms with Crippen molar-refractivity contribution in [1.29, 1.82) is 0 Å². The average molecular weight is 345 g/mol. The number of halogens is 1. The highest BCUT2D eigenvalue weighted by Crippen LogP contribution is 2.29. The van der Waals surface area contributed by atoms with Gasteiger partial charge in [-0.05, 0) is 42.4 Å². The molecule has 0 aliphatic heterocycles. The highest BCUT2D eigenvalue weighted by molar-refractivity contribution is 9.10. The molecule has 0 saturated heterocycles. The number of nitrogens with zero attached hydrogens (tertiary/aromatic N) is 3. The van der Waals surface area contributed by atoms with Crippen LogP contribution in [-0.2, 0) is 0 Å². The van der Waals surface area contributed by atoms with Gasteiger partial charge >= 0.3 is 0 Å². The van der Waals surface area contributed by atoms with Crippen LogP contribution >= 0.6 is 15.9 Å². The summed E-state index contributed by atoms with van der Waals surface area (Å²) in [6.45, 7) is 7.35. The lowest BCUT2D eigenvalue weighted by atomic mass is 9.85. The first-order valence-electron chi connectivity index (χ1n) is 6.34. The topological polar surface area (TPSA) is 71.3 Å². The van der Waals surface area contributed by atoms with E-state index in [-0.39, 0.29) is 17.1 Å². The zero-order chi connectivity index (χ0) is 15.5. The van der Waals surface area contributed by atoms with Crippen LogP contribution in [0.1, 0.15) is 20.8 Å². The van der Waals surface area contributed by atoms with Crippen LogP contribution in [-0.4, -0.2) is 41.5 Å². The maximum absolute atomic E-state index is 10.7. The molecule has 6 nitrogen and oxygen atoms in total. The Morgan fingerprint density at radius 2 is 2.15 bits per heavy atom. The van der Waals surface area contributed by atoms with Gasteiger partial charge in [0.15, 0.2) is 0 Å². The van der Waals surface area contributed by atoms with E-state index in [0.29, 0.717) is 10.3 Å². The highest BCUT2D eigenvalue weighted by atomic mass is 79.9. The molecular formula is C13H21BrN4O2. The molecule has 1 aromatic rings. The second-order valence-corrected chi connectivity index (χ2v) is 6.73. The Kier molecular flexibility index (Phi) is 5.47. The Morgan fingerprint density at radius 3 is 2.60 bits per heavy atom. The van der Waals surface area contributed by atoms with Crippen LogP contribution in [0.15, 0.2) is 16.7 Å². The van der Waals surface area contributed by atoms with Crippen LogP contribution in [0.4, 0.5) is 11.5 Å². The summed E-state index contributed by atoms with van der Waals surface area (Å²) in [5, 5.41) is 14.0. The number of anilines is 1. The average Bonchev–Trinajstić information content (AvgIpc) is 2.29. The van der Waals surface area contributed by atoms with Crippen molar-refractivity contribution in [2.75, 3.05) is 26.0 Å². The third-order valence-electron chi connectivity index (χ3n) is 3.29. The third-order valence-corrected chi connectivity index (χ3v) is 3.89. The molecule has 0 aliphatic rings. The molecule has 0 aliphatic carbocycles. The molecule has 0 bridgehead atoms. The lowest BCUT2D eigenvalue weighted by Gasteiger charge is -2.35. The quantitative estimate of drug-likeness (QED) is 0.633. The van der Waals surface area contributed by atoms with Gasteiger partial charge in [0.25, 0.3) is 5.69 Å². The van der Waals surface area contributed by atoms with E-state index in [0.717, 1.165) is 6.54 Å². The van der Waals surface area contributed by atoms with Gasteiger partial charge in [-0.3, -0.25) is 10.1 Å². The van der Waals surface area contributed by atoms with E-state index in [2.05, 4.69) is 51.9 Å². The summed E-state index contributed by atoms with van der Waals surface area (Å²) < 4.78 is 0.596. The summed E-state index contributed by atoms with van der Waals surface area (Å²) in [7, 11) is 4.07. The highest BCUT2D eigenvalue weighted by Gasteiger charge is 2.27. The van der Waals surface area contributed by atoms with Crippen molar-refractivity contribution in [3.8, 4) is 0 Å². The fourth-order valence-electron chi connectivity index (χ4n) is 1.99. The van der Waals surface area contributed by atoms with Crippen LogP contribution in [0.3, 0.4) is 0 Å². The number of nitro groups is 1. The Balaban J connectivity index is 2.85. The molecule has 1 aromatic heterocycles. The smallest absolute Gasteiger partial charge is 0.288 e. The van der Waals surface area contributed by atoms with Crippen LogP contribution in [0, 0.1) is 15.5 Å². The molecule has 0 saturated carbocycles. The maximum atomic E-state index is 10.7. The first-order chi connectivity index (χ1) is 9.13. The Morgan fingerprint density at radius 1 is 1.55 bits per heavy atom. The Labute approximate surface area is 127 Å². The molecule has 0 aromatic carbocycles. The van der Waals surface area contributed by atoms with Gasteiger partial charge in [-0.2, -0.15) is 0 Å². The van der Waals surface area contributed by atoms with E-state index in [4.69, 9.17) is 0 Å². The standard InChI is InChI=1S/C13H21BrN4O2/c1-9(13(2,3)8-17(4)5)16-12-11(14)6-10(7-15-12)18(19)20/h6-7,9H,8H2,1-5H3,(H,15,16). The Hall–Kier alpha value is -1.21. The van der Waals surface area contributed by atoms with Crippen LogP contribution in [0.5, 0.6) is 0 Å². The van der Waals surface area contributed by atoms with Gasteiger partial charge in [-0.15, -0.1) is 0 Å². The molecule has 20 heavy (non-hydrogen) atoms. The predicted molar refractivity (Wildman–Crippen MR) is 84.0 cm³/mol. The molecule has 0 spiro atoms. The van der Waals surface area contributed by atoms with Crippen molar-refractivity contribution in [1.82, 2.24) is 9.88 Å². The number of pyridine rings is 1. The minimum absolute atomic E-state index is 0.0253. The van der Waals surface area contributed by atoms with E-state index in [9.17, 15) is 10.1 Å². The molecule has 1 rings (SSSR count). The second kappa shape index (κ2) is 6.49. The molecule has 0 fully saturated rings. The number of aromatic nitrogens is 1.